The van der Waals surface area contributed by atoms with E-state index in [-0.39, 0.29) is 37.0 Å². The van der Waals surface area contributed by atoms with Crippen molar-refractivity contribution in [3.8, 4) is 0 Å². The van der Waals surface area contributed by atoms with Crippen LogP contribution in [0.15, 0.2) is 4.99 Å². The Bertz CT molecular complexity index is 647. The average Bonchev–Trinajstić information content (AvgIpc) is 2.78. The van der Waals surface area contributed by atoms with Gasteiger partial charge < -0.3 is 47.1 Å². The van der Waals surface area contributed by atoms with Gasteiger partial charge in [0, 0.05) is 12.5 Å². The molecule has 208 valence electrons. The molecule has 0 radical (unpaired) electrons. The number of ether oxygens (including phenoxy) is 2. The molecule has 0 bridgehead atoms. The number of carbonyl (C=O) groups is 1. The van der Waals surface area contributed by atoms with Gasteiger partial charge in [-0.1, -0.05) is 35.1 Å². The molecular weight excluding hydrogens is 456 g/mol. The predicted octanol–water partition coefficient (Wildman–Crippen LogP) is -0.145. The zero-order valence-corrected chi connectivity index (χ0v) is 21.1. The summed E-state index contributed by atoms with van der Waals surface area (Å²) >= 11 is 0. The Morgan fingerprint density at radius 3 is 2.17 bits per heavy atom. The molecule has 1 aliphatic heterocycles. The number of nitrogens with two attached hydrogens (primary N) is 3. The van der Waals surface area contributed by atoms with E-state index in [1.54, 1.807) is 6.92 Å². The van der Waals surface area contributed by atoms with Crippen LogP contribution in [0, 0.1) is 17.8 Å². The number of aliphatic hydroxyl groups is 4. The molecule has 11 atom stereocenters. The first-order chi connectivity index (χ1) is 15.8. The minimum atomic E-state index is -0.974. The second-order valence-corrected chi connectivity index (χ2v) is 9.73. The Kier molecular flexibility index (Phi) is 15.1. The summed E-state index contributed by atoms with van der Waals surface area (Å²) in [6, 6.07) is -0.376. The molecule has 0 spiro atoms. The molecule has 0 aromatic rings. The van der Waals surface area contributed by atoms with Gasteiger partial charge >= 0.3 is 0 Å². The molecule has 2 rings (SSSR count). The van der Waals surface area contributed by atoms with Crippen molar-refractivity contribution in [1.82, 2.24) is 0 Å². The van der Waals surface area contributed by atoms with E-state index < -0.39 is 48.8 Å². The fourth-order valence-electron chi connectivity index (χ4n) is 4.38. The van der Waals surface area contributed by atoms with Crippen molar-refractivity contribution < 1.29 is 34.7 Å². The van der Waals surface area contributed by atoms with E-state index in [1.165, 1.54) is 6.92 Å². The van der Waals surface area contributed by atoms with Crippen LogP contribution in [-0.4, -0.2) is 87.7 Å². The van der Waals surface area contributed by atoms with Crippen molar-refractivity contribution in [2.75, 3.05) is 6.54 Å². The lowest BCUT2D eigenvalue weighted by atomic mass is 9.77. The molecular formula is C24H50N4O7. The van der Waals surface area contributed by atoms with Gasteiger partial charge in [-0.15, -0.1) is 0 Å². The zero-order chi connectivity index (χ0) is 26.2. The second kappa shape index (κ2) is 15.7. The predicted molar refractivity (Wildman–Crippen MR) is 135 cm³/mol. The van der Waals surface area contributed by atoms with E-state index in [0.717, 1.165) is 12.8 Å². The van der Waals surface area contributed by atoms with Crippen LogP contribution in [0.4, 0.5) is 0 Å². The van der Waals surface area contributed by atoms with E-state index in [4.69, 9.17) is 26.7 Å². The SMILES string of the molecule is C.CC(=O)C(N)CCCN=C(N)N.CCC1OC(OC2C(C)CC(C)C(O)C2O)C(C)C(O)C1O. The minimum Gasteiger partial charge on any atom is -0.390 e. The highest BCUT2D eigenvalue weighted by Crippen LogP contribution is 2.35. The molecule has 0 aromatic heterocycles. The molecule has 10 N–H and O–H groups in total. The third-order valence-electron chi connectivity index (χ3n) is 6.77. The lowest BCUT2D eigenvalue weighted by molar-refractivity contribution is -0.309. The molecule has 1 heterocycles. The Morgan fingerprint density at radius 1 is 1.06 bits per heavy atom. The molecule has 2 fully saturated rings. The van der Waals surface area contributed by atoms with Crippen molar-refractivity contribution in [3.05, 3.63) is 0 Å². The van der Waals surface area contributed by atoms with Crippen LogP contribution in [0.2, 0.25) is 0 Å². The number of rotatable bonds is 8. The molecule has 35 heavy (non-hydrogen) atoms. The summed E-state index contributed by atoms with van der Waals surface area (Å²) in [5, 5.41) is 40.5. The van der Waals surface area contributed by atoms with Crippen LogP contribution in [0.25, 0.3) is 0 Å². The summed E-state index contributed by atoms with van der Waals surface area (Å²) < 4.78 is 11.7. The maximum absolute atomic E-state index is 10.7. The van der Waals surface area contributed by atoms with Gasteiger partial charge in [0.25, 0.3) is 0 Å². The number of Topliss-reactive ketones (excluding diaryl/α,β-unsaturated/α-hetero) is 1. The van der Waals surface area contributed by atoms with Crippen LogP contribution in [-0.2, 0) is 14.3 Å². The van der Waals surface area contributed by atoms with E-state index in [0.29, 0.717) is 19.4 Å². The third-order valence-corrected chi connectivity index (χ3v) is 6.77. The summed E-state index contributed by atoms with van der Waals surface area (Å²) in [5.41, 5.74) is 15.7. The number of guanidine groups is 1. The van der Waals surface area contributed by atoms with Crippen LogP contribution in [0.5, 0.6) is 0 Å². The van der Waals surface area contributed by atoms with Crippen LogP contribution in [0.1, 0.15) is 67.7 Å². The van der Waals surface area contributed by atoms with Gasteiger partial charge in [0.15, 0.2) is 12.2 Å². The average molecular weight is 507 g/mol. The van der Waals surface area contributed by atoms with Crippen molar-refractivity contribution in [2.45, 2.75) is 117 Å². The maximum atomic E-state index is 10.7. The molecule has 11 nitrogen and oxygen atoms in total. The largest absolute Gasteiger partial charge is 0.390 e. The normalized spacial score (nSPS) is 37.8. The van der Waals surface area contributed by atoms with Gasteiger partial charge in [-0.05, 0) is 44.4 Å². The number of nitrogens with zero attached hydrogens (tertiary/aromatic N) is 1. The number of hydrogen-bond donors (Lipinski definition) is 7. The molecule has 1 saturated heterocycles. The van der Waals surface area contributed by atoms with Gasteiger partial charge in [0.1, 0.15) is 18.0 Å². The third kappa shape index (κ3) is 9.91. The number of ketones is 1. The summed E-state index contributed by atoms with van der Waals surface area (Å²) in [6.45, 7) is 9.52. The smallest absolute Gasteiger partial charge is 0.185 e. The summed E-state index contributed by atoms with van der Waals surface area (Å²) in [6.07, 6.45) is -2.70. The molecule has 0 aromatic carbocycles. The first-order valence-electron chi connectivity index (χ1n) is 12.2. The van der Waals surface area contributed by atoms with Crippen molar-refractivity contribution in [2.24, 2.45) is 39.9 Å². The first-order valence-corrected chi connectivity index (χ1v) is 12.2. The highest BCUT2D eigenvalue weighted by Gasteiger charge is 2.46. The number of aliphatic hydroxyl groups excluding tert-OH is 4. The topological polar surface area (TPSA) is 207 Å². The van der Waals surface area contributed by atoms with E-state index in [1.807, 2.05) is 20.8 Å². The Morgan fingerprint density at radius 2 is 1.66 bits per heavy atom. The first kappa shape index (κ1) is 33.7. The lowest BCUT2D eigenvalue weighted by Crippen LogP contribution is -2.58. The summed E-state index contributed by atoms with van der Waals surface area (Å²) in [5.74, 6) is -0.238. The second-order valence-electron chi connectivity index (χ2n) is 9.73. The molecule has 0 amide bonds. The van der Waals surface area contributed by atoms with Crippen molar-refractivity contribution in [1.29, 1.82) is 0 Å². The van der Waals surface area contributed by atoms with Crippen molar-refractivity contribution >= 4 is 11.7 Å². The highest BCUT2D eigenvalue weighted by atomic mass is 16.7. The zero-order valence-electron chi connectivity index (χ0n) is 21.1. The Hall–Kier alpha value is -1.34. The van der Waals surface area contributed by atoms with Crippen LogP contribution in [0.3, 0.4) is 0 Å². The Balaban J connectivity index is 0.000000764. The van der Waals surface area contributed by atoms with Gasteiger partial charge in [-0.3, -0.25) is 9.79 Å². The molecule has 2 aliphatic rings. The number of hydrogen-bond acceptors (Lipinski definition) is 9. The molecule has 1 saturated carbocycles. The van der Waals surface area contributed by atoms with E-state index in [9.17, 15) is 25.2 Å². The van der Waals surface area contributed by atoms with Gasteiger partial charge in [0.2, 0.25) is 0 Å². The monoisotopic (exact) mass is 506 g/mol. The van der Waals surface area contributed by atoms with Gasteiger partial charge in [-0.2, -0.15) is 0 Å². The summed E-state index contributed by atoms with van der Waals surface area (Å²) in [4.78, 5) is 14.4. The fourth-order valence-corrected chi connectivity index (χ4v) is 4.38. The molecule has 11 heteroatoms. The standard InChI is InChI=1S/C16H30O6.C7H16N4O.CH4/c1-5-10-13(19)12(18)9(4)16(21-10)22-15-8(3)6-7(2)11(17)14(15)20;1-5(12)6(8)3-2-4-11-7(9)10;/h7-20H,5-6H2,1-4H3;6H,2-4,8H2,1H3,(H4,9,10,11);1H4. The van der Waals surface area contributed by atoms with Gasteiger partial charge in [0.05, 0.1) is 30.5 Å². The molecule has 11 unspecified atom stereocenters. The quantitative estimate of drug-likeness (QED) is 0.132. The fraction of sp³-hybridized carbons (Fsp3) is 0.917. The van der Waals surface area contributed by atoms with Crippen LogP contribution >= 0.6 is 0 Å². The lowest BCUT2D eigenvalue weighted by Gasteiger charge is -2.46. The van der Waals surface area contributed by atoms with E-state index in [2.05, 4.69) is 4.99 Å². The number of carbonyl (C=O) groups excluding carboxylic acids is 1. The van der Waals surface area contributed by atoms with Crippen LogP contribution < -0.4 is 17.2 Å². The summed E-state index contributed by atoms with van der Waals surface area (Å²) in [7, 11) is 0. The Labute approximate surface area is 210 Å². The van der Waals surface area contributed by atoms with Crippen molar-refractivity contribution in [3.63, 3.8) is 0 Å². The number of aliphatic imine (C=N–C) groups is 1. The molecule has 1 aliphatic carbocycles. The highest BCUT2D eigenvalue weighted by molar-refractivity contribution is 5.81. The van der Waals surface area contributed by atoms with E-state index >= 15 is 0 Å². The van der Waals surface area contributed by atoms with Gasteiger partial charge in [-0.25, -0.2) is 0 Å². The minimum absolute atomic E-state index is 0. The maximum Gasteiger partial charge on any atom is 0.185 e.